The van der Waals surface area contributed by atoms with Gasteiger partial charge in [0.05, 0.1) is 0 Å². The van der Waals surface area contributed by atoms with Gasteiger partial charge in [-0.25, -0.2) is 0 Å². The fraction of sp³-hybridized carbons (Fsp3) is 0.300. The smallest absolute Gasteiger partial charge is 0.193 e. The van der Waals surface area contributed by atoms with Gasteiger partial charge in [-0.1, -0.05) is 37.3 Å². The van der Waals surface area contributed by atoms with Crippen LogP contribution in [0.25, 0.3) is 0 Å². The summed E-state index contributed by atoms with van der Waals surface area (Å²) in [6.07, 6.45) is 0.630. The number of hydrogen-bond donors (Lipinski definition) is 0. The third-order valence-electron chi connectivity index (χ3n) is 1.84. The fourth-order valence-electron chi connectivity index (χ4n) is 1.14. The molecule has 0 amide bonds. The normalized spacial score (nSPS) is 12.5. The highest BCUT2D eigenvalue weighted by molar-refractivity contribution is 14.1. The largest absolute Gasteiger partial charge is 0.288 e. The molecule has 0 spiro atoms. The number of halogens is 1. The summed E-state index contributed by atoms with van der Waals surface area (Å²) in [4.78, 5) is 10.8. The fourth-order valence-corrected chi connectivity index (χ4v) is 1.80. The first kappa shape index (κ1) is 9.71. The van der Waals surface area contributed by atoms with Crippen molar-refractivity contribution in [3.63, 3.8) is 0 Å². The molecule has 0 bridgehead atoms. The summed E-state index contributed by atoms with van der Waals surface area (Å²) in [5.41, 5.74) is 1.24. The Kier molecular flexibility index (Phi) is 3.72. The molecule has 0 saturated heterocycles. The van der Waals surface area contributed by atoms with E-state index in [9.17, 15) is 4.79 Å². The lowest BCUT2D eigenvalue weighted by Crippen LogP contribution is -1.97. The van der Waals surface area contributed by atoms with Crippen LogP contribution in [0.4, 0.5) is 0 Å². The average Bonchev–Trinajstić information content (AvgIpc) is 2.05. The van der Waals surface area contributed by atoms with Crippen LogP contribution in [0.5, 0.6) is 0 Å². The van der Waals surface area contributed by atoms with Crippen molar-refractivity contribution in [2.24, 2.45) is 0 Å². The highest BCUT2D eigenvalue weighted by atomic mass is 127. The van der Waals surface area contributed by atoms with Crippen molar-refractivity contribution in [2.45, 2.75) is 19.3 Å². The number of benzene rings is 1. The molecule has 1 rings (SSSR count). The molecule has 0 saturated carbocycles. The van der Waals surface area contributed by atoms with Crippen LogP contribution >= 0.6 is 22.6 Å². The van der Waals surface area contributed by atoms with Crippen LogP contribution in [0.1, 0.15) is 24.8 Å². The maximum Gasteiger partial charge on any atom is 0.193 e. The summed E-state index contributed by atoms with van der Waals surface area (Å²) < 4.78 is 0.226. The van der Waals surface area contributed by atoms with E-state index in [1.54, 1.807) is 0 Å². The van der Waals surface area contributed by atoms with E-state index in [1.807, 2.05) is 40.8 Å². The molecule has 1 aromatic rings. The first-order chi connectivity index (χ1) is 5.70. The van der Waals surface area contributed by atoms with E-state index in [1.165, 1.54) is 5.56 Å². The van der Waals surface area contributed by atoms with Gasteiger partial charge in [0, 0.05) is 6.42 Å². The predicted molar refractivity (Wildman–Crippen MR) is 58.5 cm³/mol. The lowest BCUT2D eigenvalue weighted by Gasteiger charge is -2.07. The summed E-state index contributed by atoms with van der Waals surface area (Å²) in [6.45, 7) is 2.08. The molecule has 64 valence electrons. The maximum absolute atomic E-state index is 10.8. The van der Waals surface area contributed by atoms with Crippen molar-refractivity contribution < 1.29 is 4.79 Å². The summed E-state index contributed by atoms with van der Waals surface area (Å²) in [5, 5.41) is 0. The number of rotatable bonds is 3. The summed E-state index contributed by atoms with van der Waals surface area (Å²) in [6, 6.07) is 10.1. The zero-order valence-corrected chi connectivity index (χ0v) is 9.11. The SMILES string of the molecule is CC(CC(=O)I)c1ccccc1. The zero-order chi connectivity index (χ0) is 8.97. The Balaban J connectivity index is 2.65. The molecule has 0 aliphatic heterocycles. The third-order valence-corrected chi connectivity index (χ3v) is 2.28. The van der Waals surface area contributed by atoms with Crippen molar-refractivity contribution in [3.05, 3.63) is 35.9 Å². The lowest BCUT2D eigenvalue weighted by atomic mass is 9.99. The Morgan fingerprint density at radius 3 is 2.50 bits per heavy atom. The minimum absolute atomic E-state index is 0.226. The average molecular weight is 274 g/mol. The molecule has 0 heterocycles. The molecule has 0 aromatic heterocycles. The van der Waals surface area contributed by atoms with Gasteiger partial charge < -0.3 is 0 Å². The molecule has 1 atom stereocenters. The van der Waals surface area contributed by atoms with Gasteiger partial charge in [0.1, 0.15) is 0 Å². The molecular weight excluding hydrogens is 263 g/mol. The van der Waals surface area contributed by atoms with Crippen LogP contribution in [0.3, 0.4) is 0 Å². The minimum atomic E-state index is 0.226. The maximum atomic E-state index is 10.8. The number of hydrogen-bond acceptors (Lipinski definition) is 1. The Hall–Kier alpha value is -0.380. The van der Waals surface area contributed by atoms with Gasteiger partial charge >= 0.3 is 0 Å². The molecule has 0 fully saturated rings. The second kappa shape index (κ2) is 4.60. The Bertz CT molecular complexity index is 256. The molecule has 1 nitrogen and oxygen atoms in total. The summed E-state index contributed by atoms with van der Waals surface area (Å²) in [7, 11) is 0. The molecule has 2 heteroatoms. The second-order valence-corrected chi connectivity index (χ2v) is 4.07. The van der Waals surface area contributed by atoms with E-state index in [4.69, 9.17) is 0 Å². The monoisotopic (exact) mass is 274 g/mol. The van der Waals surface area contributed by atoms with Crippen molar-refractivity contribution in [3.8, 4) is 0 Å². The first-order valence-electron chi connectivity index (χ1n) is 3.93. The van der Waals surface area contributed by atoms with E-state index in [2.05, 4.69) is 19.1 Å². The van der Waals surface area contributed by atoms with Crippen molar-refractivity contribution in [1.29, 1.82) is 0 Å². The van der Waals surface area contributed by atoms with Crippen LogP contribution in [0, 0.1) is 0 Å². The molecule has 0 radical (unpaired) electrons. The highest BCUT2D eigenvalue weighted by Gasteiger charge is 2.07. The predicted octanol–water partition coefficient (Wildman–Crippen LogP) is 3.14. The van der Waals surface area contributed by atoms with Crippen LogP contribution in [-0.4, -0.2) is 3.79 Å². The highest BCUT2D eigenvalue weighted by Crippen LogP contribution is 2.19. The van der Waals surface area contributed by atoms with E-state index in [-0.39, 0.29) is 3.79 Å². The Morgan fingerprint density at radius 1 is 1.42 bits per heavy atom. The van der Waals surface area contributed by atoms with E-state index in [0.29, 0.717) is 12.3 Å². The molecule has 1 aromatic carbocycles. The second-order valence-electron chi connectivity index (χ2n) is 2.87. The molecule has 0 aliphatic carbocycles. The van der Waals surface area contributed by atoms with Gasteiger partial charge in [-0.05, 0) is 34.1 Å². The minimum Gasteiger partial charge on any atom is -0.288 e. The van der Waals surface area contributed by atoms with Gasteiger partial charge in [-0.15, -0.1) is 0 Å². The summed E-state index contributed by atoms with van der Waals surface area (Å²) >= 11 is 1.85. The van der Waals surface area contributed by atoms with Crippen LogP contribution in [-0.2, 0) is 4.79 Å². The molecule has 0 N–H and O–H groups in total. The van der Waals surface area contributed by atoms with E-state index < -0.39 is 0 Å². The Morgan fingerprint density at radius 2 is 2.00 bits per heavy atom. The quantitative estimate of drug-likeness (QED) is 0.611. The first-order valence-corrected chi connectivity index (χ1v) is 5.01. The molecule has 0 aliphatic rings. The van der Waals surface area contributed by atoms with Gasteiger partial charge in [-0.3, -0.25) is 4.79 Å². The van der Waals surface area contributed by atoms with Gasteiger partial charge in [0.15, 0.2) is 3.79 Å². The number of carbonyl (C=O) groups excluding carboxylic acids is 1. The van der Waals surface area contributed by atoms with Crippen LogP contribution < -0.4 is 0 Å². The third kappa shape index (κ3) is 2.93. The zero-order valence-electron chi connectivity index (χ0n) is 6.96. The Labute approximate surface area is 86.3 Å². The van der Waals surface area contributed by atoms with Crippen LogP contribution in [0.2, 0.25) is 0 Å². The van der Waals surface area contributed by atoms with Crippen molar-refractivity contribution in [2.75, 3.05) is 0 Å². The molecular formula is C10H11IO. The van der Waals surface area contributed by atoms with Crippen molar-refractivity contribution in [1.82, 2.24) is 0 Å². The topological polar surface area (TPSA) is 17.1 Å². The summed E-state index contributed by atoms with van der Waals surface area (Å²) in [5.74, 6) is 0.343. The number of carbonyl (C=O) groups is 1. The van der Waals surface area contributed by atoms with Gasteiger partial charge in [0.2, 0.25) is 0 Å². The standard InChI is InChI=1S/C10H11IO/c1-8(7-10(11)12)9-5-3-2-4-6-9/h2-6,8H,7H2,1H3. The lowest BCUT2D eigenvalue weighted by molar-refractivity contribution is -0.109. The molecule has 1 unspecified atom stereocenters. The van der Waals surface area contributed by atoms with Crippen LogP contribution in [0.15, 0.2) is 30.3 Å². The molecule has 12 heavy (non-hydrogen) atoms. The van der Waals surface area contributed by atoms with E-state index >= 15 is 0 Å². The van der Waals surface area contributed by atoms with Gasteiger partial charge in [0.25, 0.3) is 0 Å². The van der Waals surface area contributed by atoms with E-state index in [0.717, 1.165) is 0 Å². The van der Waals surface area contributed by atoms with Gasteiger partial charge in [-0.2, -0.15) is 0 Å². The van der Waals surface area contributed by atoms with Crippen molar-refractivity contribution >= 4 is 26.4 Å².